The summed E-state index contributed by atoms with van der Waals surface area (Å²) in [5.41, 5.74) is 0.915. The number of fused-ring (bicyclic) bond motifs is 1. The van der Waals surface area contributed by atoms with Crippen molar-refractivity contribution in [3.05, 3.63) is 51.5 Å². The number of halogens is 2. The van der Waals surface area contributed by atoms with Crippen molar-refractivity contribution < 1.29 is 14.2 Å². The third-order valence-corrected chi connectivity index (χ3v) is 3.98. The van der Waals surface area contributed by atoms with Crippen molar-refractivity contribution in [3.63, 3.8) is 0 Å². The average Bonchev–Trinajstić information content (AvgIpc) is 2.47. The molecule has 1 aliphatic rings. The summed E-state index contributed by atoms with van der Waals surface area (Å²) in [5.74, 6) is 2.14. The average molecular weight is 356 g/mol. The molecule has 5 heteroatoms. The lowest BCUT2D eigenvalue weighted by Gasteiger charge is -2.28. The van der Waals surface area contributed by atoms with Crippen molar-refractivity contribution in [2.24, 2.45) is 0 Å². The maximum absolute atomic E-state index is 6.04. The van der Waals surface area contributed by atoms with Gasteiger partial charge >= 0.3 is 0 Å². The first-order valence-corrected chi connectivity index (χ1v) is 7.27. The maximum Gasteiger partial charge on any atom is 0.176 e. The van der Waals surface area contributed by atoms with E-state index >= 15 is 0 Å². The van der Waals surface area contributed by atoms with E-state index in [1.807, 2.05) is 30.3 Å². The summed E-state index contributed by atoms with van der Waals surface area (Å²) in [6, 6.07) is 11.2. The van der Waals surface area contributed by atoms with Crippen LogP contribution in [0.2, 0.25) is 5.02 Å². The lowest BCUT2D eigenvalue weighted by Crippen LogP contribution is -2.22. The Morgan fingerprint density at radius 3 is 2.95 bits per heavy atom. The fourth-order valence-corrected chi connectivity index (χ4v) is 2.77. The molecular weight excluding hydrogens is 344 g/mol. The van der Waals surface area contributed by atoms with Crippen LogP contribution >= 0.6 is 27.5 Å². The Morgan fingerprint density at radius 2 is 2.15 bits per heavy atom. The van der Waals surface area contributed by atoms with E-state index in [2.05, 4.69) is 15.9 Å². The largest absolute Gasteiger partial charge is 0.496 e. The molecule has 3 rings (SSSR count). The lowest BCUT2D eigenvalue weighted by molar-refractivity contribution is 0.0883. The molecule has 0 amide bonds. The molecule has 0 saturated carbocycles. The molecule has 104 valence electrons. The Labute approximate surface area is 130 Å². The molecule has 0 aliphatic carbocycles. The number of hydrogen-bond donors (Lipinski definition) is 0. The van der Waals surface area contributed by atoms with Crippen LogP contribution in [0.4, 0.5) is 0 Å². The molecule has 0 aromatic heterocycles. The summed E-state index contributed by atoms with van der Waals surface area (Å²) < 4.78 is 18.0. The topological polar surface area (TPSA) is 27.7 Å². The fourth-order valence-electron chi connectivity index (χ4n) is 2.16. The summed E-state index contributed by atoms with van der Waals surface area (Å²) in [4.78, 5) is 0. The molecule has 2 aromatic carbocycles. The van der Waals surface area contributed by atoms with Gasteiger partial charge in [0.1, 0.15) is 12.4 Å². The Morgan fingerprint density at radius 1 is 1.30 bits per heavy atom. The molecule has 0 radical (unpaired) electrons. The monoisotopic (exact) mass is 354 g/mol. The molecule has 1 atom stereocenters. The maximum atomic E-state index is 6.04. The van der Waals surface area contributed by atoms with Gasteiger partial charge in [-0.25, -0.2) is 0 Å². The minimum absolute atomic E-state index is 0.228. The summed E-state index contributed by atoms with van der Waals surface area (Å²) in [6.45, 7) is 0.432. The SMILES string of the molecule is COc1cc(Cl)ccc1C1COc2cccc(Br)c2O1. The molecule has 0 spiro atoms. The highest BCUT2D eigenvalue weighted by Gasteiger charge is 2.26. The highest BCUT2D eigenvalue weighted by atomic mass is 79.9. The van der Waals surface area contributed by atoms with Gasteiger partial charge < -0.3 is 14.2 Å². The van der Waals surface area contributed by atoms with Crippen LogP contribution < -0.4 is 14.2 Å². The zero-order valence-corrected chi connectivity index (χ0v) is 13.1. The fraction of sp³-hybridized carbons (Fsp3) is 0.200. The van der Waals surface area contributed by atoms with Gasteiger partial charge in [0.05, 0.1) is 11.6 Å². The molecule has 2 aromatic rings. The van der Waals surface area contributed by atoms with Gasteiger partial charge in [0.2, 0.25) is 0 Å². The van der Waals surface area contributed by atoms with E-state index in [9.17, 15) is 0 Å². The minimum atomic E-state index is -0.228. The number of benzene rings is 2. The van der Waals surface area contributed by atoms with Gasteiger partial charge in [-0.2, -0.15) is 0 Å². The molecule has 1 unspecified atom stereocenters. The van der Waals surface area contributed by atoms with Gasteiger partial charge in [-0.1, -0.05) is 17.7 Å². The zero-order valence-electron chi connectivity index (χ0n) is 10.7. The van der Waals surface area contributed by atoms with Crippen LogP contribution in [0.25, 0.3) is 0 Å². The van der Waals surface area contributed by atoms with Crippen molar-refractivity contribution in [2.75, 3.05) is 13.7 Å². The molecule has 20 heavy (non-hydrogen) atoms. The molecular formula is C15H12BrClO3. The van der Waals surface area contributed by atoms with E-state index in [4.69, 9.17) is 25.8 Å². The smallest absolute Gasteiger partial charge is 0.176 e. The Balaban J connectivity index is 1.96. The van der Waals surface area contributed by atoms with Crippen LogP contribution in [0, 0.1) is 0 Å². The number of methoxy groups -OCH3 is 1. The number of hydrogen-bond acceptors (Lipinski definition) is 3. The first kappa shape index (κ1) is 13.6. The van der Waals surface area contributed by atoms with Gasteiger partial charge in [-0.05, 0) is 46.3 Å². The van der Waals surface area contributed by atoms with E-state index in [1.165, 1.54) is 0 Å². The normalized spacial score (nSPS) is 16.9. The molecule has 3 nitrogen and oxygen atoms in total. The first-order chi connectivity index (χ1) is 9.69. The first-order valence-electron chi connectivity index (χ1n) is 6.10. The summed E-state index contributed by atoms with van der Waals surface area (Å²) in [6.07, 6.45) is -0.228. The number of ether oxygens (including phenoxy) is 3. The third kappa shape index (κ3) is 2.45. The van der Waals surface area contributed by atoms with Crippen molar-refractivity contribution in [3.8, 4) is 17.2 Å². The molecule has 0 saturated heterocycles. The summed E-state index contributed by atoms with van der Waals surface area (Å²) >= 11 is 9.45. The predicted octanol–water partition coefficient (Wildman–Crippen LogP) is 4.62. The van der Waals surface area contributed by atoms with Gasteiger partial charge in [-0.3, -0.25) is 0 Å². The Kier molecular flexibility index (Phi) is 3.76. The van der Waals surface area contributed by atoms with E-state index in [0.717, 1.165) is 15.8 Å². The summed E-state index contributed by atoms with van der Waals surface area (Å²) in [7, 11) is 1.61. The van der Waals surface area contributed by atoms with Crippen LogP contribution in [-0.4, -0.2) is 13.7 Å². The van der Waals surface area contributed by atoms with E-state index in [1.54, 1.807) is 13.2 Å². The number of rotatable bonds is 2. The number of para-hydroxylation sites is 1. The second-order valence-electron chi connectivity index (χ2n) is 4.37. The molecule has 0 bridgehead atoms. The van der Waals surface area contributed by atoms with Crippen LogP contribution in [-0.2, 0) is 0 Å². The molecule has 0 fully saturated rings. The third-order valence-electron chi connectivity index (χ3n) is 3.12. The van der Waals surface area contributed by atoms with Gasteiger partial charge in [0.25, 0.3) is 0 Å². The highest BCUT2D eigenvalue weighted by Crippen LogP contribution is 2.43. The lowest BCUT2D eigenvalue weighted by atomic mass is 10.1. The minimum Gasteiger partial charge on any atom is -0.496 e. The predicted molar refractivity (Wildman–Crippen MR) is 81.0 cm³/mol. The highest BCUT2D eigenvalue weighted by molar-refractivity contribution is 9.10. The quantitative estimate of drug-likeness (QED) is 0.786. The standard InChI is InChI=1S/C15H12BrClO3/c1-18-13-7-9(17)5-6-10(13)14-8-19-12-4-2-3-11(16)15(12)20-14/h2-7,14H,8H2,1H3. The molecule has 1 heterocycles. The van der Waals surface area contributed by atoms with Gasteiger partial charge in [-0.15, -0.1) is 0 Å². The zero-order chi connectivity index (χ0) is 14.1. The van der Waals surface area contributed by atoms with Crippen molar-refractivity contribution >= 4 is 27.5 Å². The van der Waals surface area contributed by atoms with E-state index < -0.39 is 0 Å². The van der Waals surface area contributed by atoms with Crippen molar-refractivity contribution in [1.82, 2.24) is 0 Å². The second kappa shape index (κ2) is 5.54. The second-order valence-corrected chi connectivity index (χ2v) is 5.66. The van der Waals surface area contributed by atoms with E-state index in [-0.39, 0.29) is 6.10 Å². The summed E-state index contributed by atoms with van der Waals surface area (Å²) in [5, 5.41) is 0.629. The van der Waals surface area contributed by atoms with Gasteiger partial charge in [0, 0.05) is 10.6 Å². The molecule has 0 N–H and O–H groups in total. The Bertz CT molecular complexity index is 645. The van der Waals surface area contributed by atoms with Gasteiger partial charge in [0.15, 0.2) is 17.6 Å². The van der Waals surface area contributed by atoms with Crippen molar-refractivity contribution in [2.45, 2.75) is 6.10 Å². The molecule has 1 aliphatic heterocycles. The van der Waals surface area contributed by atoms with Crippen molar-refractivity contribution in [1.29, 1.82) is 0 Å². The van der Waals surface area contributed by atoms with Crippen LogP contribution in [0.3, 0.4) is 0 Å². The Hall–Kier alpha value is -1.39. The van der Waals surface area contributed by atoms with E-state index in [0.29, 0.717) is 23.1 Å². The van der Waals surface area contributed by atoms with Crippen LogP contribution in [0.5, 0.6) is 17.2 Å². The van der Waals surface area contributed by atoms with Crippen LogP contribution in [0.1, 0.15) is 11.7 Å². The van der Waals surface area contributed by atoms with Crippen LogP contribution in [0.15, 0.2) is 40.9 Å².